The number of aromatic nitrogens is 1. The van der Waals surface area contributed by atoms with Crippen LogP contribution in [-0.2, 0) is 6.18 Å². The van der Waals surface area contributed by atoms with Crippen molar-refractivity contribution in [2.24, 2.45) is 0 Å². The minimum absolute atomic E-state index is 0.0898. The van der Waals surface area contributed by atoms with E-state index in [2.05, 4.69) is 16.9 Å². The lowest BCUT2D eigenvalue weighted by Gasteiger charge is -2.14. The first-order chi connectivity index (χ1) is 11.3. The molecule has 0 spiro atoms. The number of pyridine rings is 1. The van der Waals surface area contributed by atoms with Gasteiger partial charge in [0.2, 0.25) is 0 Å². The van der Waals surface area contributed by atoms with E-state index in [4.69, 9.17) is 0 Å². The minimum Gasteiger partial charge on any atom is -0.506 e. The number of nitrogens with zero attached hydrogens (tertiary/aromatic N) is 1. The molecule has 0 aliphatic carbocycles. The summed E-state index contributed by atoms with van der Waals surface area (Å²) in [5, 5.41) is 12.3. The molecule has 2 aromatic rings. The van der Waals surface area contributed by atoms with E-state index in [0.717, 1.165) is 17.8 Å². The van der Waals surface area contributed by atoms with Gasteiger partial charge in [0.05, 0.1) is 23.5 Å². The van der Waals surface area contributed by atoms with Crippen molar-refractivity contribution in [1.82, 2.24) is 10.3 Å². The topological polar surface area (TPSA) is 45.1 Å². The third-order valence-electron chi connectivity index (χ3n) is 3.33. The molecule has 3 nitrogen and oxygen atoms in total. The second-order valence-electron chi connectivity index (χ2n) is 5.29. The summed E-state index contributed by atoms with van der Waals surface area (Å²) < 4.78 is 37.5. The molecule has 1 aromatic carbocycles. The zero-order valence-electron chi connectivity index (χ0n) is 13.0. The van der Waals surface area contributed by atoms with Crippen molar-refractivity contribution in [3.8, 4) is 5.75 Å². The quantitative estimate of drug-likeness (QED) is 0.780. The number of halogens is 3. The summed E-state index contributed by atoms with van der Waals surface area (Å²) in [6.45, 7) is 5.74. The van der Waals surface area contributed by atoms with Gasteiger partial charge in [0, 0.05) is 5.70 Å². The van der Waals surface area contributed by atoms with Crippen molar-refractivity contribution in [1.29, 1.82) is 0 Å². The zero-order valence-corrected chi connectivity index (χ0v) is 13.0. The van der Waals surface area contributed by atoms with E-state index in [1.54, 1.807) is 24.3 Å². The Kier molecular flexibility index (Phi) is 5.28. The standard InChI is InChI=1S/C18H17F3N2O/c1-12(23-13(2)17-10-9-16(24)11-22-17)3-4-14-5-7-15(8-6-14)18(19,20)21/h3-11,13,23-24H,1H2,2H3/b4-3+/t13-/m1/s1. The molecule has 1 aromatic heterocycles. The van der Waals surface area contributed by atoms with Gasteiger partial charge in [-0.15, -0.1) is 0 Å². The van der Waals surface area contributed by atoms with E-state index in [-0.39, 0.29) is 11.8 Å². The molecule has 0 amide bonds. The fourth-order valence-electron chi connectivity index (χ4n) is 2.03. The number of hydrogen-bond acceptors (Lipinski definition) is 3. The SMILES string of the molecule is C=C(/C=C/c1ccc(C(F)(F)F)cc1)N[C@H](C)c1ccc(O)cn1. The molecule has 0 aliphatic rings. The Morgan fingerprint density at radius 1 is 1.21 bits per heavy atom. The summed E-state index contributed by atoms with van der Waals surface area (Å²) in [5.41, 5.74) is 1.29. The predicted molar refractivity (Wildman–Crippen MR) is 87.1 cm³/mol. The van der Waals surface area contributed by atoms with Gasteiger partial charge in [0.25, 0.3) is 0 Å². The Morgan fingerprint density at radius 2 is 1.88 bits per heavy atom. The average molecular weight is 334 g/mol. The van der Waals surface area contributed by atoms with Gasteiger partial charge < -0.3 is 10.4 Å². The predicted octanol–water partition coefficient (Wildman–Crippen LogP) is 4.68. The molecule has 0 unspecified atom stereocenters. The van der Waals surface area contributed by atoms with Gasteiger partial charge in [-0.05, 0) is 42.8 Å². The van der Waals surface area contributed by atoms with Crippen molar-refractivity contribution in [3.05, 3.63) is 77.8 Å². The summed E-state index contributed by atoms with van der Waals surface area (Å²) in [6.07, 6.45) is 0.375. The monoisotopic (exact) mass is 334 g/mol. The lowest BCUT2D eigenvalue weighted by molar-refractivity contribution is -0.137. The number of allylic oxidation sites excluding steroid dienone is 1. The number of benzene rings is 1. The van der Waals surface area contributed by atoms with Crippen LogP contribution in [0.15, 0.2) is 60.9 Å². The van der Waals surface area contributed by atoms with E-state index >= 15 is 0 Å². The van der Waals surface area contributed by atoms with Gasteiger partial charge >= 0.3 is 6.18 Å². The largest absolute Gasteiger partial charge is 0.506 e. The maximum atomic E-state index is 12.5. The van der Waals surface area contributed by atoms with Crippen LogP contribution in [0.2, 0.25) is 0 Å². The molecule has 0 aliphatic heterocycles. The second kappa shape index (κ2) is 7.21. The Morgan fingerprint density at radius 3 is 2.42 bits per heavy atom. The van der Waals surface area contributed by atoms with E-state index in [1.165, 1.54) is 18.3 Å². The van der Waals surface area contributed by atoms with E-state index in [9.17, 15) is 18.3 Å². The summed E-state index contributed by atoms with van der Waals surface area (Å²) in [7, 11) is 0. The molecule has 24 heavy (non-hydrogen) atoms. The van der Waals surface area contributed by atoms with Gasteiger partial charge in [-0.1, -0.05) is 24.8 Å². The molecule has 1 atom stereocenters. The van der Waals surface area contributed by atoms with E-state index in [1.807, 2.05) is 6.92 Å². The van der Waals surface area contributed by atoms with E-state index < -0.39 is 11.7 Å². The highest BCUT2D eigenvalue weighted by Gasteiger charge is 2.29. The summed E-state index contributed by atoms with van der Waals surface area (Å²) in [6, 6.07) is 7.99. The van der Waals surface area contributed by atoms with Crippen LogP contribution in [0.25, 0.3) is 6.08 Å². The average Bonchev–Trinajstić information content (AvgIpc) is 2.53. The summed E-state index contributed by atoms with van der Waals surface area (Å²) in [4.78, 5) is 4.10. The van der Waals surface area contributed by atoms with Crippen molar-refractivity contribution >= 4 is 6.08 Å². The molecule has 0 bridgehead atoms. The molecule has 126 valence electrons. The van der Waals surface area contributed by atoms with Gasteiger partial charge in [-0.3, -0.25) is 4.98 Å². The first-order valence-electron chi connectivity index (χ1n) is 7.21. The van der Waals surface area contributed by atoms with Gasteiger partial charge in [-0.25, -0.2) is 0 Å². The van der Waals surface area contributed by atoms with Crippen LogP contribution < -0.4 is 5.32 Å². The Labute approximate surface area is 138 Å². The third kappa shape index (κ3) is 4.87. The lowest BCUT2D eigenvalue weighted by atomic mass is 10.1. The van der Waals surface area contributed by atoms with Crippen LogP contribution in [0.4, 0.5) is 13.2 Å². The van der Waals surface area contributed by atoms with Crippen molar-refractivity contribution in [2.45, 2.75) is 19.1 Å². The highest BCUT2D eigenvalue weighted by Crippen LogP contribution is 2.29. The van der Waals surface area contributed by atoms with Crippen molar-refractivity contribution < 1.29 is 18.3 Å². The van der Waals surface area contributed by atoms with Crippen LogP contribution in [0, 0.1) is 0 Å². The normalized spacial score (nSPS) is 13.0. The first kappa shape index (κ1) is 17.6. The van der Waals surface area contributed by atoms with Gasteiger partial charge in [0.1, 0.15) is 5.75 Å². The molecular formula is C18H17F3N2O. The highest BCUT2D eigenvalue weighted by atomic mass is 19.4. The number of nitrogens with one attached hydrogen (secondary N) is 1. The van der Waals surface area contributed by atoms with Crippen LogP contribution in [0.1, 0.15) is 29.8 Å². The maximum Gasteiger partial charge on any atom is 0.416 e. The van der Waals surface area contributed by atoms with Gasteiger partial charge in [0.15, 0.2) is 0 Å². The molecule has 2 rings (SSSR count). The molecular weight excluding hydrogens is 317 g/mol. The maximum absolute atomic E-state index is 12.5. The molecule has 1 heterocycles. The van der Waals surface area contributed by atoms with Crippen LogP contribution >= 0.6 is 0 Å². The lowest BCUT2D eigenvalue weighted by Crippen LogP contribution is -2.17. The fraction of sp³-hybridized carbons (Fsp3) is 0.167. The Hall–Kier alpha value is -2.76. The number of alkyl halides is 3. The fourth-order valence-corrected chi connectivity index (χ4v) is 2.03. The minimum atomic E-state index is -4.33. The van der Waals surface area contributed by atoms with Crippen molar-refractivity contribution in [3.63, 3.8) is 0 Å². The zero-order chi connectivity index (χ0) is 17.7. The summed E-state index contributed by atoms with van der Waals surface area (Å²) >= 11 is 0. The molecule has 0 radical (unpaired) electrons. The highest BCUT2D eigenvalue weighted by molar-refractivity contribution is 5.53. The number of rotatable bonds is 5. The third-order valence-corrected chi connectivity index (χ3v) is 3.33. The molecule has 2 N–H and O–H groups in total. The molecule has 0 fully saturated rings. The van der Waals surface area contributed by atoms with Crippen LogP contribution in [0.3, 0.4) is 0 Å². The van der Waals surface area contributed by atoms with E-state index in [0.29, 0.717) is 11.3 Å². The number of hydrogen-bond donors (Lipinski definition) is 2. The molecule has 0 saturated carbocycles. The summed E-state index contributed by atoms with van der Waals surface area (Å²) in [5.74, 6) is 0.0898. The Balaban J connectivity index is 1.96. The van der Waals surface area contributed by atoms with Crippen molar-refractivity contribution in [2.75, 3.05) is 0 Å². The Bertz CT molecular complexity index is 719. The number of aromatic hydroxyl groups is 1. The molecule has 6 heteroatoms. The van der Waals surface area contributed by atoms with Crippen LogP contribution in [-0.4, -0.2) is 10.1 Å². The molecule has 0 saturated heterocycles. The smallest absolute Gasteiger partial charge is 0.416 e. The first-order valence-corrected chi connectivity index (χ1v) is 7.21. The van der Waals surface area contributed by atoms with Gasteiger partial charge in [-0.2, -0.15) is 13.2 Å². The second-order valence-corrected chi connectivity index (χ2v) is 5.29. The van der Waals surface area contributed by atoms with Crippen LogP contribution in [0.5, 0.6) is 5.75 Å².